The number of carbonyl (C=O) groups is 1. The van der Waals surface area contributed by atoms with Crippen LogP contribution >= 0.6 is 0 Å². The lowest BCUT2D eigenvalue weighted by Crippen LogP contribution is -2.39. The standard InChI is InChI=1S/C8H16N.C7H13NO4S/c1-5-7-9(3,4)8-6-2;1-3-6(13(10,11)12)5-8-7(9)4-2/h5-6H,1-2,7-8H2,3-4H3;4,6H,2-3,5H2,1H3,(H,8,9)(H,10,11,12)/q+1;/p-1. The predicted molar refractivity (Wildman–Crippen MR) is 89.2 cm³/mol. The molecule has 1 unspecified atom stereocenters. The summed E-state index contributed by atoms with van der Waals surface area (Å²) in [6.45, 7) is 14.0. The van der Waals surface area contributed by atoms with Gasteiger partial charge in [-0.2, -0.15) is 0 Å². The Morgan fingerprint density at radius 3 is 1.95 bits per heavy atom. The molecule has 0 aliphatic rings. The van der Waals surface area contributed by atoms with Gasteiger partial charge in [0, 0.05) is 6.54 Å². The molecule has 0 aromatic carbocycles. The van der Waals surface area contributed by atoms with Gasteiger partial charge in [-0.25, -0.2) is 8.42 Å². The van der Waals surface area contributed by atoms with Crippen LogP contribution in [-0.2, 0) is 14.9 Å². The maximum absolute atomic E-state index is 10.6. The van der Waals surface area contributed by atoms with Crippen LogP contribution in [0.2, 0.25) is 0 Å². The van der Waals surface area contributed by atoms with E-state index in [-0.39, 0.29) is 13.0 Å². The van der Waals surface area contributed by atoms with Gasteiger partial charge < -0.3 is 14.4 Å². The third kappa shape index (κ3) is 12.3. The molecule has 7 heteroatoms. The van der Waals surface area contributed by atoms with Gasteiger partial charge in [-0.1, -0.05) is 26.7 Å². The lowest BCUT2D eigenvalue weighted by Gasteiger charge is -2.26. The number of amides is 1. The summed E-state index contributed by atoms with van der Waals surface area (Å²) >= 11 is 0. The molecule has 0 fully saturated rings. The first-order valence-electron chi connectivity index (χ1n) is 6.92. The Labute approximate surface area is 134 Å². The minimum atomic E-state index is -4.32. The molecular weight excluding hydrogens is 304 g/mol. The number of likely N-dealkylation sites (N-methyl/N-ethyl adjacent to an activating group) is 1. The zero-order valence-electron chi connectivity index (χ0n) is 13.7. The highest BCUT2D eigenvalue weighted by Crippen LogP contribution is 2.01. The number of hydrogen-bond donors (Lipinski definition) is 1. The number of quaternary nitrogens is 1. The Morgan fingerprint density at radius 1 is 1.23 bits per heavy atom. The zero-order chi connectivity index (χ0) is 17.8. The second-order valence-electron chi connectivity index (χ2n) is 5.35. The maximum atomic E-state index is 10.6. The summed E-state index contributed by atoms with van der Waals surface area (Å²) < 4.78 is 32.5. The lowest BCUT2D eigenvalue weighted by atomic mass is 10.3. The molecule has 22 heavy (non-hydrogen) atoms. The summed E-state index contributed by atoms with van der Waals surface area (Å²) in [7, 11) is -0.00567. The van der Waals surface area contributed by atoms with Crippen LogP contribution in [0, 0.1) is 0 Å². The van der Waals surface area contributed by atoms with E-state index in [1.807, 2.05) is 12.2 Å². The molecule has 0 rings (SSSR count). The fraction of sp³-hybridized carbons (Fsp3) is 0.533. The van der Waals surface area contributed by atoms with Crippen LogP contribution in [0.3, 0.4) is 0 Å². The van der Waals surface area contributed by atoms with Gasteiger partial charge in [-0.15, -0.1) is 0 Å². The van der Waals surface area contributed by atoms with E-state index >= 15 is 0 Å². The van der Waals surface area contributed by atoms with Crippen molar-refractivity contribution in [2.24, 2.45) is 0 Å². The van der Waals surface area contributed by atoms with E-state index in [0.29, 0.717) is 0 Å². The van der Waals surface area contributed by atoms with E-state index in [1.165, 1.54) is 0 Å². The van der Waals surface area contributed by atoms with E-state index < -0.39 is 21.3 Å². The van der Waals surface area contributed by atoms with E-state index in [2.05, 4.69) is 39.1 Å². The molecule has 0 aromatic heterocycles. The Kier molecular flexibility index (Phi) is 11.6. The molecular formula is C15H28N2O4S. The quantitative estimate of drug-likeness (QED) is 0.296. The average Bonchev–Trinajstić information content (AvgIpc) is 2.38. The van der Waals surface area contributed by atoms with E-state index in [1.54, 1.807) is 6.92 Å². The Balaban J connectivity index is 0. The number of nitrogens with one attached hydrogen (secondary N) is 1. The van der Waals surface area contributed by atoms with Gasteiger partial charge in [0.25, 0.3) is 0 Å². The van der Waals surface area contributed by atoms with Crippen LogP contribution in [0.15, 0.2) is 38.0 Å². The number of rotatable bonds is 9. The van der Waals surface area contributed by atoms with Crippen molar-refractivity contribution >= 4 is 16.0 Å². The molecule has 0 saturated carbocycles. The van der Waals surface area contributed by atoms with Gasteiger partial charge in [0.2, 0.25) is 5.91 Å². The molecule has 1 atom stereocenters. The monoisotopic (exact) mass is 332 g/mol. The van der Waals surface area contributed by atoms with Gasteiger partial charge in [0.05, 0.1) is 42.6 Å². The Hall–Kier alpha value is -1.44. The van der Waals surface area contributed by atoms with Gasteiger partial charge in [-0.3, -0.25) is 4.79 Å². The Morgan fingerprint density at radius 2 is 1.68 bits per heavy atom. The molecule has 0 saturated heterocycles. The molecule has 0 spiro atoms. The molecule has 0 bridgehead atoms. The van der Waals surface area contributed by atoms with Gasteiger partial charge in [0.1, 0.15) is 0 Å². The fourth-order valence-electron chi connectivity index (χ4n) is 1.51. The minimum absolute atomic E-state index is 0.160. The summed E-state index contributed by atoms with van der Waals surface area (Å²) in [5, 5.41) is 1.19. The van der Waals surface area contributed by atoms with Gasteiger partial charge >= 0.3 is 0 Å². The number of carbonyl (C=O) groups excluding carboxylic acids is 1. The first-order chi connectivity index (χ1) is 10.0. The van der Waals surface area contributed by atoms with Gasteiger partial charge in [0.15, 0.2) is 0 Å². The first kappa shape index (κ1) is 22.8. The van der Waals surface area contributed by atoms with Crippen molar-refractivity contribution in [1.29, 1.82) is 0 Å². The van der Waals surface area contributed by atoms with Crippen molar-refractivity contribution in [1.82, 2.24) is 5.32 Å². The molecule has 0 aliphatic heterocycles. The maximum Gasteiger partial charge on any atom is 0.243 e. The highest BCUT2D eigenvalue weighted by molar-refractivity contribution is 7.86. The molecule has 0 aromatic rings. The number of nitrogens with zero attached hydrogens (tertiary/aromatic N) is 1. The largest absolute Gasteiger partial charge is 0.748 e. The number of hydrogen-bond acceptors (Lipinski definition) is 4. The van der Waals surface area contributed by atoms with E-state index in [4.69, 9.17) is 0 Å². The smallest absolute Gasteiger partial charge is 0.243 e. The third-order valence-electron chi connectivity index (χ3n) is 2.80. The summed E-state index contributed by atoms with van der Waals surface area (Å²) in [5.74, 6) is -0.484. The highest BCUT2D eigenvalue weighted by Gasteiger charge is 2.13. The lowest BCUT2D eigenvalue weighted by molar-refractivity contribution is -0.878. The summed E-state index contributed by atoms with van der Waals surface area (Å²) in [6.07, 6.45) is 5.07. The molecule has 128 valence electrons. The normalized spacial score (nSPS) is 12.4. The van der Waals surface area contributed by atoms with Crippen molar-refractivity contribution < 1.29 is 22.2 Å². The minimum Gasteiger partial charge on any atom is -0.748 e. The topological polar surface area (TPSA) is 86.3 Å². The van der Waals surface area contributed by atoms with Crippen molar-refractivity contribution in [3.8, 4) is 0 Å². The van der Waals surface area contributed by atoms with Crippen LogP contribution in [0.4, 0.5) is 0 Å². The average molecular weight is 332 g/mol. The van der Waals surface area contributed by atoms with Crippen LogP contribution in [0.25, 0.3) is 0 Å². The molecule has 6 nitrogen and oxygen atoms in total. The third-order valence-corrected chi connectivity index (χ3v) is 4.12. The van der Waals surface area contributed by atoms with E-state index in [9.17, 15) is 17.8 Å². The van der Waals surface area contributed by atoms with Crippen LogP contribution in [0.1, 0.15) is 13.3 Å². The molecule has 1 amide bonds. The molecule has 0 heterocycles. The second kappa shape index (κ2) is 11.2. The van der Waals surface area contributed by atoms with Crippen LogP contribution in [0.5, 0.6) is 0 Å². The van der Waals surface area contributed by atoms with Crippen LogP contribution < -0.4 is 5.32 Å². The van der Waals surface area contributed by atoms with Gasteiger partial charge in [-0.05, 0) is 24.6 Å². The summed E-state index contributed by atoms with van der Waals surface area (Å²) in [4.78, 5) is 10.6. The fourth-order valence-corrected chi connectivity index (χ4v) is 2.21. The molecule has 0 aliphatic carbocycles. The predicted octanol–water partition coefficient (Wildman–Crippen LogP) is 1.05. The first-order valence-corrected chi connectivity index (χ1v) is 8.40. The summed E-state index contributed by atoms with van der Waals surface area (Å²) in [6, 6.07) is 0. The van der Waals surface area contributed by atoms with Crippen molar-refractivity contribution in [3.05, 3.63) is 38.0 Å². The summed E-state index contributed by atoms with van der Waals surface area (Å²) in [5.41, 5.74) is 0. The van der Waals surface area contributed by atoms with Crippen molar-refractivity contribution in [2.75, 3.05) is 33.7 Å². The second-order valence-corrected chi connectivity index (χ2v) is 7.00. The van der Waals surface area contributed by atoms with E-state index in [0.717, 1.165) is 23.6 Å². The molecule has 1 N–H and O–H groups in total. The van der Waals surface area contributed by atoms with Crippen LogP contribution in [-0.4, -0.2) is 62.3 Å². The molecule has 0 radical (unpaired) electrons. The highest BCUT2D eigenvalue weighted by atomic mass is 32.2. The van der Waals surface area contributed by atoms with Crippen molar-refractivity contribution in [3.63, 3.8) is 0 Å². The van der Waals surface area contributed by atoms with Crippen molar-refractivity contribution in [2.45, 2.75) is 18.6 Å². The Bertz CT molecular complexity index is 458. The zero-order valence-corrected chi connectivity index (χ0v) is 14.6. The SMILES string of the molecule is C=CC(=O)NCC(CC)S(=O)(=O)[O-].C=CC[N+](C)(C)CC=C.